The van der Waals surface area contributed by atoms with Gasteiger partial charge in [-0.05, 0) is 42.5 Å². The molecule has 2 aliphatic rings. The van der Waals surface area contributed by atoms with Crippen molar-refractivity contribution in [1.82, 2.24) is 4.90 Å². The van der Waals surface area contributed by atoms with Crippen molar-refractivity contribution in [3.63, 3.8) is 0 Å². The topological polar surface area (TPSA) is 58.6 Å². The molecule has 124 valence electrons. The van der Waals surface area contributed by atoms with Gasteiger partial charge in [0.05, 0.1) is 18.2 Å². The van der Waals surface area contributed by atoms with E-state index in [0.29, 0.717) is 18.0 Å². The van der Waals surface area contributed by atoms with Crippen LogP contribution in [0.5, 0.6) is 5.75 Å². The van der Waals surface area contributed by atoms with Crippen molar-refractivity contribution in [1.29, 1.82) is 0 Å². The fourth-order valence-corrected chi connectivity index (χ4v) is 4.32. The van der Waals surface area contributed by atoms with Crippen LogP contribution < -0.4 is 10.1 Å². The number of carbonyl (C=O) groups is 2. The number of thiophene rings is 1. The average molecular weight is 342 g/mol. The number of nitrogens with zero attached hydrogens (tertiary/aromatic N) is 1. The summed E-state index contributed by atoms with van der Waals surface area (Å²) in [5.41, 5.74) is 1.87. The maximum atomic E-state index is 12.7. The van der Waals surface area contributed by atoms with Crippen molar-refractivity contribution in [2.75, 3.05) is 11.9 Å². The van der Waals surface area contributed by atoms with Crippen LogP contribution in [0.1, 0.15) is 29.8 Å². The smallest absolute Gasteiger partial charge is 0.266 e. The summed E-state index contributed by atoms with van der Waals surface area (Å²) in [5.74, 6) is 0.309. The lowest BCUT2D eigenvalue weighted by Crippen LogP contribution is -2.44. The maximum Gasteiger partial charge on any atom is 0.266 e. The molecule has 0 spiro atoms. The van der Waals surface area contributed by atoms with Crippen molar-refractivity contribution < 1.29 is 14.3 Å². The van der Waals surface area contributed by atoms with Gasteiger partial charge in [0.2, 0.25) is 5.91 Å². The Labute approximate surface area is 144 Å². The van der Waals surface area contributed by atoms with Gasteiger partial charge < -0.3 is 15.0 Å². The Hall–Kier alpha value is -2.34. The predicted molar refractivity (Wildman–Crippen MR) is 92.3 cm³/mol. The average Bonchev–Trinajstić information content (AvgIpc) is 3.05. The summed E-state index contributed by atoms with van der Waals surface area (Å²) in [4.78, 5) is 28.2. The molecule has 3 heterocycles. The lowest BCUT2D eigenvalue weighted by atomic mass is 10.0. The largest absolute Gasteiger partial charge is 0.478 e. The number of ether oxygens (including phenoxy) is 1. The number of benzene rings is 1. The van der Waals surface area contributed by atoms with Crippen molar-refractivity contribution in [2.24, 2.45) is 0 Å². The summed E-state index contributed by atoms with van der Waals surface area (Å²) in [6.45, 7) is 2.73. The Morgan fingerprint density at radius 3 is 3.08 bits per heavy atom. The van der Waals surface area contributed by atoms with Gasteiger partial charge in [-0.1, -0.05) is 12.1 Å². The highest BCUT2D eigenvalue weighted by Gasteiger charge is 2.34. The first-order valence-electron chi connectivity index (χ1n) is 8.06. The number of carbonyl (C=O) groups excluding carboxylic acids is 2. The SMILES string of the molecule is C[C@H]1c2ccsc2CCN1C(=O)C[C@@H]1Oc2ccccc2NC1=O. The highest BCUT2D eigenvalue weighted by Crippen LogP contribution is 2.34. The minimum absolute atomic E-state index is 0.0427. The van der Waals surface area contributed by atoms with E-state index in [9.17, 15) is 9.59 Å². The normalized spacial score (nSPS) is 22.2. The quantitative estimate of drug-likeness (QED) is 0.913. The fraction of sp³-hybridized carbons (Fsp3) is 0.333. The summed E-state index contributed by atoms with van der Waals surface area (Å²) < 4.78 is 5.74. The lowest BCUT2D eigenvalue weighted by molar-refractivity contribution is -0.139. The van der Waals surface area contributed by atoms with Gasteiger partial charge in [-0.15, -0.1) is 11.3 Å². The van der Waals surface area contributed by atoms with Gasteiger partial charge >= 0.3 is 0 Å². The summed E-state index contributed by atoms with van der Waals surface area (Å²) in [6, 6.07) is 9.40. The third kappa shape index (κ3) is 2.57. The molecule has 0 fully saturated rings. The van der Waals surface area contributed by atoms with Crippen LogP contribution in [0.2, 0.25) is 0 Å². The minimum atomic E-state index is -0.775. The Bertz CT molecular complexity index is 801. The van der Waals surface area contributed by atoms with E-state index < -0.39 is 6.10 Å². The van der Waals surface area contributed by atoms with Crippen LogP contribution in [0.4, 0.5) is 5.69 Å². The Kier molecular flexibility index (Phi) is 3.76. The highest BCUT2D eigenvalue weighted by atomic mass is 32.1. The standard InChI is InChI=1S/C18H18N2O3S/c1-11-12-7-9-24-16(12)6-8-20(11)17(21)10-15-18(22)19-13-4-2-3-5-14(13)23-15/h2-5,7,9,11,15H,6,8,10H2,1H3,(H,19,22)/t11-,15-/m0/s1. The molecule has 0 unspecified atom stereocenters. The molecular weight excluding hydrogens is 324 g/mol. The minimum Gasteiger partial charge on any atom is -0.478 e. The Morgan fingerprint density at radius 2 is 2.21 bits per heavy atom. The summed E-state index contributed by atoms with van der Waals surface area (Å²) >= 11 is 1.74. The molecule has 2 aromatic rings. The zero-order valence-electron chi connectivity index (χ0n) is 13.3. The molecule has 0 saturated carbocycles. The van der Waals surface area contributed by atoms with Crippen LogP contribution in [0, 0.1) is 0 Å². The van der Waals surface area contributed by atoms with E-state index >= 15 is 0 Å². The van der Waals surface area contributed by atoms with Gasteiger partial charge in [0, 0.05) is 11.4 Å². The zero-order valence-corrected chi connectivity index (χ0v) is 14.1. The number of hydrogen-bond donors (Lipinski definition) is 1. The van der Waals surface area contributed by atoms with Gasteiger partial charge in [0.1, 0.15) is 5.75 Å². The molecule has 6 heteroatoms. The number of hydrogen-bond acceptors (Lipinski definition) is 4. The van der Waals surface area contributed by atoms with E-state index in [1.54, 1.807) is 23.5 Å². The van der Waals surface area contributed by atoms with Crippen LogP contribution >= 0.6 is 11.3 Å². The van der Waals surface area contributed by atoms with Crippen LogP contribution in [0.3, 0.4) is 0 Å². The van der Waals surface area contributed by atoms with E-state index in [1.807, 2.05) is 24.0 Å². The van der Waals surface area contributed by atoms with E-state index in [-0.39, 0.29) is 24.3 Å². The number of anilines is 1. The maximum absolute atomic E-state index is 12.7. The Morgan fingerprint density at radius 1 is 1.38 bits per heavy atom. The van der Waals surface area contributed by atoms with Gasteiger partial charge in [0.25, 0.3) is 5.91 Å². The fourth-order valence-electron chi connectivity index (χ4n) is 3.35. The van der Waals surface area contributed by atoms with Crippen molar-refractivity contribution in [3.8, 4) is 5.75 Å². The second-order valence-electron chi connectivity index (χ2n) is 6.11. The number of fused-ring (bicyclic) bond motifs is 2. The molecule has 2 amide bonds. The molecule has 0 radical (unpaired) electrons. The number of amides is 2. The van der Waals surface area contributed by atoms with Gasteiger partial charge in [-0.3, -0.25) is 9.59 Å². The summed E-state index contributed by atoms with van der Waals surface area (Å²) in [6.07, 6.45) is 0.164. The van der Waals surface area contributed by atoms with Crippen molar-refractivity contribution in [3.05, 3.63) is 46.2 Å². The predicted octanol–water partition coefficient (Wildman–Crippen LogP) is 2.98. The monoisotopic (exact) mass is 342 g/mol. The van der Waals surface area contributed by atoms with E-state index in [4.69, 9.17) is 4.74 Å². The van der Waals surface area contributed by atoms with Crippen molar-refractivity contribution in [2.45, 2.75) is 31.9 Å². The molecule has 4 rings (SSSR count). The zero-order chi connectivity index (χ0) is 16.7. The second-order valence-corrected chi connectivity index (χ2v) is 7.11. The first-order valence-corrected chi connectivity index (χ1v) is 8.94. The molecule has 1 N–H and O–H groups in total. The third-order valence-corrected chi connectivity index (χ3v) is 5.66. The molecule has 2 atom stereocenters. The molecule has 5 nitrogen and oxygen atoms in total. The molecular formula is C18H18N2O3S. The van der Waals surface area contributed by atoms with Crippen LogP contribution in [-0.4, -0.2) is 29.4 Å². The van der Waals surface area contributed by atoms with Crippen LogP contribution in [0.15, 0.2) is 35.7 Å². The summed E-state index contributed by atoms with van der Waals surface area (Å²) in [7, 11) is 0. The molecule has 0 aliphatic carbocycles. The first-order chi connectivity index (χ1) is 11.6. The molecule has 0 saturated heterocycles. The summed E-state index contributed by atoms with van der Waals surface area (Å²) in [5, 5.41) is 4.88. The third-order valence-electron chi connectivity index (χ3n) is 4.66. The number of nitrogens with one attached hydrogen (secondary N) is 1. The lowest BCUT2D eigenvalue weighted by Gasteiger charge is -2.35. The van der Waals surface area contributed by atoms with E-state index in [2.05, 4.69) is 16.8 Å². The highest BCUT2D eigenvalue weighted by molar-refractivity contribution is 7.10. The van der Waals surface area contributed by atoms with Crippen LogP contribution in [0.25, 0.3) is 0 Å². The second kappa shape index (κ2) is 5.94. The first kappa shape index (κ1) is 15.2. The van der Waals surface area contributed by atoms with E-state index in [0.717, 1.165) is 6.42 Å². The van der Waals surface area contributed by atoms with Gasteiger partial charge in [-0.25, -0.2) is 0 Å². The molecule has 2 aliphatic heterocycles. The van der Waals surface area contributed by atoms with Crippen molar-refractivity contribution >= 4 is 28.8 Å². The Balaban J connectivity index is 1.48. The van der Waals surface area contributed by atoms with E-state index in [1.165, 1.54) is 10.4 Å². The van der Waals surface area contributed by atoms with Crippen LogP contribution in [-0.2, 0) is 16.0 Å². The van der Waals surface area contributed by atoms with Gasteiger partial charge in [-0.2, -0.15) is 0 Å². The number of rotatable bonds is 2. The molecule has 1 aromatic carbocycles. The molecule has 24 heavy (non-hydrogen) atoms. The number of para-hydroxylation sites is 2. The molecule has 0 bridgehead atoms. The van der Waals surface area contributed by atoms with Gasteiger partial charge in [0.15, 0.2) is 6.10 Å². The molecule has 1 aromatic heterocycles.